The van der Waals surface area contributed by atoms with Crippen molar-refractivity contribution in [2.45, 2.75) is 32.9 Å². The number of hydrogen-bond donors (Lipinski definition) is 1. The molecule has 0 radical (unpaired) electrons. The van der Waals surface area contributed by atoms with Gasteiger partial charge in [0.1, 0.15) is 17.6 Å². The highest BCUT2D eigenvalue weighted by Gasteiger charge is 2.39. The molecule has 182 valence electrons. The number of morpholine rings is 1. The number of fused-ring (bicyclic) bond motifs is 4. The van der Waals surface area contributed by atoms with E-state index in [4.69, 9.17) is 21.3 Å². The molecule has 35 heavy (non-hydrogen) atoms. The number of amides is 1. The van der Waals surface area contributed by atoms with Gasteiger partial charge < -0.3 is 19.2 Å². The van der Waals surface area contributed by atoms with Gasteiger partial charge in [0, 0.05) is 47.9 Å². The summed E-state index contributed by atoms with van der Waals surface area (Å²) in [6.07, 6.45) is 3.35. The topological polar surface area (TPSA) is 92.2 Å². The van der Waals surface area contributed by atoms with Crippen LogP contribution >= 0.6 is 11.6 Å². The number of carbonyl (C=O) groups is 1. The van der Waals surface area contributed by atoms with Gasteiger partial charge in [-0.25, -0.2) is 15.0 Å². The van der Waals surface area contributed by atoms with Crippen LogP contribution in [0.1, 0.15) is 25.2 Å². The average molecular weight is 494 g/mol. The van der Waals surface area contributed by atoms with Gasteiger partial charge in [-0.1, -0.05) is 11.6 Å². The van der Waals surface area contributed by atoms with Gasteiger partial charge in [0.25, 0.3) is 0 Å². The van der Waals surface area contributed by atoms with Gasteiger partial charge in [-0.2, -0.15) is 0 Å². The third kappa shape index (κ3) is 3.61. The predicted octanol–water partition coefficient (Wildman–Crippen LogP) is 3.35. The maximum absolute atomic E-state index is 13.5. The molecule has 1 fully saturated rings. The number of rotatable bonds is 3. The molecular weight excluding hydrogens is 466 g/mol. The van der Waals surface area contributed by atoms with Crippen LogP contribution in [0.4, 0.5) is 0 Å². The average Bonchev–Trinajstić information content (AvgIpc) is 3.35. The molecule has 4 aromatic heterocycles. The number of halogens is 1. The number of H-pyrrole nitrogens is 1. The Morgan fingerprint density at radius 3 is 2.80 bits per heavy atom. The number of ether oxygens (including phenoxy) is 1. The van der Waals surface area contributed by atoms with E-state index in [-0.39, 0.29) is 11.4 Å². The van der Waals surface area contributed by atoms with Crippen LogP contribution in [0.15, 0.2) is 24.7 Å². The quantitative estimate of drug-likeness (QED) is 0.470. The highest BCUT2D eigenvalue weighted by Crippen LogP contribution is 2.45. The van der Waals surface area contributed by atoms with Gasteiger partial charge >= 0.3 is 0 Å². The van der Waals surface area contributed by atoms with E-state index < -0.39 is 0 Å². The Morgan fingerprint density at radius 1 is 1.23 bits per heavy atom. The Kier molecular flexibility index (Phi) is 5.32. The highest BCUT2D eigenvalue weighted by atomic mass is 35.5. The molecular formula is C25H28ClN7O2. The summed E-state index contributed by atoms with van der Waals surface area (Å²) in [4.78, 5) is 34.7. The molecule has 6 heterocycles. The van der Waals surface area contributed by atoms with Crippen LogP contribution in [-0.4, -0.2) is 79.6 Å². The summed E-state index contributed by atoms with van der Waals surface area (Å²) < 4.78 is 7.71. The first-order valence-electron chi connectivity index (χ1n) is 11.9. The molecule has 1 amide bonds. The second-order valence-corrected chi connectivity index (χ2v) is 10.4. The maximum atomic E-state index is 13.5. The zero-order chi connectivity index (χ0) is 24.3. The van der Waals surface area contributed by atoms with Crippen molar-refractivity contribution < 1.29 is 9.53 Å². The van der Waals surface area contributed by atoms with Crippen LogP contribution < -0.4 is 0 Å². The molecule has 10 heteroatoms. The van der Waals surface area contributed by atoms with E-state index in [0.29, 0.717) is 37.9 Å². The molecule has 0 spiro atoms. The minimum absolute atomic E-state index is 0.120. The summed E-state index contributed by atoms with van der Waals surface area (Å²) in [7, 11) is 0. The fraction of sp³-hybridized carbons (Fsp3) is 0.440. The fourth-order valence-electron chi connectivity index (χ4n) is 5.54. The number of pyridine rings is 1. The van der Waals surface area contributed by atoms with Crippen molar-refractivity contribution in [2.75, 3.05) is 39.4 Å². The van der Waals surface area contributed by atoms with Gasteiger partial charge in [-0.3, -0.25) is 9.69 Å². The lowest BCUT2D eigenvalue weighted by atomic mass is 9.99. The standard InChI is InChI=1S/C25H28ClN7O2/c1-15-19-20(22-21(26)16-5-4-6-27-23(16)30-22)17-11-32(18(34)12-31-7-9-35-10-8-31)13-25(2,3)33(17)24(19)29-14-28-15/h4-6,14H,7-13H2,1-3H3,(H,27,30). The fourth-order valence-corrected chi connectivity index (χ4v) is 5.84. The third-order valence-corrected chi connectivity index (χ3v) is 7.53. The molecule has 2 aliphatic heterocycles. The van der Waals surface area contributed by atoms with Crippen molar-refractivity contribution in [1.29, 1.82) is 0 Å². The van der Waals surface area contributed by atoms with Crippen LogP contribution in [0, 0.1) is 6.92 Å². The molecule has 0 atom stereocenters. The predicted molar refractivity (Wildman–Crippen MR) is 134 cm³/mol. The number of aromatic amines is 1. The lowest BCUT2D eigenvalue weighted by Gasteiger charge is -2.41. The minimum atomic E-state index is -0.373. The number of carbonyl (C=O) groups excluding carboxylic acids is 1. The van der Waals surface area contributed by atoms with Crippen molar-refractivity contribution in [3.63, 3.8) is 0 Å². The molecule has 0 bridgehead atoms. The van der Waals surface area contributed by atoms with Gasteiger partial charge in [-0.15, -0.1) is 0 Å². The first-order valence-corrected chi connectivity index (χ1v) is 12.3. The van der Waals surface area contributed by atoms with Crippen LogP contribution in [-0.2, 0) is 21.6 Å². The van der Waals surface area contributed by atoms with Crippen molar-refractivity contribution in [3.8, 4) is 11.3 Å². The zero-order valence-electron chi connectivity index (χ0n) is 20.1. The molecule has 0 aromatic carbocycles. The molecule has 2 aliphatic rings. The Hall–Kier alpha value is -3.01. The van der Waals surface area contributed by atoms with Crippen LogP contribution in [0.3, 0.4) is 0 Å². The molecule has 1 saturated heterocycles. The first-order chi connectivity index (χ1) is 16.8. The normalized spacial score (nSPS) is 18.3. The molecule has 6 rings (SSSR count). The Bertz CT molecular complexity index is 1450. The number of nitrogens with one attached hydrogen (secondary N) is 1. The summed E-state index contributed by atoms with van der Waals surface area (Å²) in [6.45, 7) is 10.6. The van der Waals surface area contributed by atoms with E-state index in [1.54, 1.807) is 12.5 Å². The lowest BCUT2D eigenvalue weighted by molar-refractivity contribution is -0.136. The zero-order valence-corrected chi connectivity index (χ0v) is 20.9. The van der Waals surface area contributed by atoms with Crippen molar-refractivity contribution in [2.24, 2.45) is 0 Å². The van der Waals surface area contributed by atoms with Gasteiger partial charge in [0.15, 0.2) is 0 Å². The van der Waals surface area contributed by atoms with Crippen molar-refractivity contribution >= 4 is 39.6 Å². The minimum Gasteiger partial charge on any atom is -0.379 e. The second-order valence-electron chi connectivity index (χ2n) is 9.98. The summed E-state index contributed by atoms with van der Waals surface area (Å²) in [5, 5.41) is 2.43. The van der Waals surface area contributed by atoms with E-state index in [9.17, 15) is 4.79 Å². The largest absolute Gasteiger partial charge is 0.379 e. The highest BCUT2D eigenvalue weighted by molar-refractivity contribution is 6.38. The lowest BCUT2D eigenvalue weighted by Crippen LogP contribution is -2.52. The molecule has 0 saturated carbocycles. The van der Waals surface area contributed by atoms with E-state index >= 15 is 0 Å². The number of hydrogen-bond acceptors (Lipinski definition) is 6. The molecule has 9 nitrogen and oxygen atoms in total. The van der Waals surface area contributed by atoms with Gasteiger partial charge in [0.2, 0.25) is 5.91 Å². The molecule has 0 unspecified atom stereocenters. The van der Waals surface area contributed by atoms with E-state index in [2.05, 4.69) is 38.3 Å². The first kappa shape index (κ1) is 22.5. The third-order valence-electron chi connectivity index (χ3n) is 7.13. The number of aromatic nitrogens is 5. The van der Waals surface area contributed by atoms with Crippen LogP contribution in [0.25, 0.3) is 33.3 Å². The summed E-state index contributed by atoms with van der Waals surface area (Å²) in [5.41, 5.74) is 4.82. The summed E-state index contributed by atoms with van der Waals surface area (Å²) >= 11 is 6.92. The van der Waals surface area contributed by atoms with E-state index in [1.807, 2.05) is 24.0 Å². The SMILES string of the molecule is Cc1ncnc2c1c(-c1[nH]c3ncccc3c1Cl)c1n2C(C)(C)CN(C(=O)CN2CCOCC2)C1. The van der Waals surface area contributed by atoms with Crippen molar-refractivity contribution in [1.82, 2.24) is 34.3 Å². The molecule has 0 aliphatic carbocycles. The molecule has 4 aromatic rings. The summed E-state index contributed by atoms with van der Waals surface area (Å²) in [6, 6.07) is 3.84. The monoisotopic (exact) mass is 493 g/mol. The smallest absolute Gasteiger partial charge is 0.237 e. The maximum Gasteiger partial charge on any atom is 0.237 e. The Morgan fingerprint density at radius 2 is 2.03 bits per heavy atom. The van der Waals surface area contributed by atoms with Gasteiger partial charge in [-0.05, 0) is 32.9 Å². The van der Waals surface area contributed by atoms with Crippen LogP contribution in [0.2, 0.25) is 5.02 Å². The number of nitrogens with zero attached hydrogens (tertiary/aromatic N) is 6. The second kappa shape index (κ2) is 8.29. The Labute approximate surface area is 208 Å². The van der Waals surface area contributed by atoms with Crippen LogP contribution in [0.5, 0.6) is 0 Å². The molecule has 1 N–H and O–H groups in total. The number of aryl methyl sites for hydroxylation is 1. The van der Waals surface area contributed by atoms with Gasteiger partial charge in [0.05, 0.1) is 48.3 Å². The summed E-state index contributed by atoms with van der Waals surface area (Å²) in [5.74, 6) is 0.120. The van der Waals surface area contributed by atoms with E-state index in [0.717, 1.165) is 57.8 Å². The van der Waals surface area contributed by atoms with Crippen molar-refractivity contribution in [3.05, 3.63) is 41.1 Å². The Balaban J connectivity index is 1.52. The van der Waals surface area contributed by atoms with E-state index in [1.165, 1.54) is 0 Å².